The van der Waals surface area contributed by atoms with Crippen LogP contribution in [0.4, 0.5) is 17.1 Å². The van der Waals surface area contributed by atoms with Crippen LogP contribution in [0.3, 0.4) is 0 Å². The van der Waals surface area contributed by atoms with Gasteiger partial charge in [0.15, 0.2) is 0 Å². The monoisotopic (exact) mass is 319 g/mol. The lowest BCUT2D eigenvalue weighted by Gasteiger charge is -2.42. The molecule has 1 heterocycles. The van der Waals surface area contributed by atoms with E-state index in [-0.39, 0.29) is 5.41 Å². The van der Waals surface area contributed by atoms with Crippen LogP contribution >= 0.6 is 11.6 Å². The summed E-state index contributed by atoms with van der Waals surface area (Å²) in [7, 11) is 0. The Kier molecular flexibility index (Phi) is 3.21. The predicted molar refractivity (Wildman–Crippen MR) is 98.3 cm³/mol. The van der Waals surface area contributed by atoms with Gasteiger partial charge in [-0.25, -0.2) is 0 Å². The first-order valence-electron chi connectivity index (χ1n) is 7.84. The van der Waals surface area contributed by atoms with Crippen molar-refractivity contribution in [3.05, 3.63) is 88.9 Å². The van der Waals surface area contributed by atoms with Gasteiger partial charge in [-0.15, -0.1) is 0 Å². The highest BCUT2D eigenvalue weighted by Crippen LogP contribution is 2.51. The molecule has 114 valence electrons. The number of hydrogen-bond donors (Lipinski definition) is 0. The Hall–Kier alpha value is -2.25. The maximum Gasteiger partial charge on any atom is 0.0503 e. The lowest BCUT2D eigenvalue weighted by atomic mass is 9.73. The standard InChI is InChI=1S/C21H18ClN/c1-21(2)17-10-6-7-11-19(17)23(16-8-4-3-5-9-16)20-13-12-15(22)14-18(20)21/h3-14H,1-2H3. The second kappa shape index (κ2) is 5.14. The Labute approximate surface area is 142 Å². The van der Waals surface area contributed by atoms with Crippen molar-refractivity contribution in [3.8, 4) is 0 Å². The zero-order valence-corrected chi connectivity index (χ0v) is 14.0. The minimum Gasteiger partial charge on any atom is -0.310 e. The molecular weight excluding hydrogens is 302 g/mol. The molecule has 3 aromatic carbocycles. The molecule has 2 heteroatoms. The Morgan fingerprint density at radius 3 is 2.17 bits per heavy atom. The lowest BCUT2D eigenvalue weighted by Crippen LogP contribution is -2.30. The maximum atomic E-state index is 6.31. The fraction of sp³-hybridized carbons (Fsp3) is 0.143. The number of benzene rings is 3. The molecule has 0 amide bonds. The Morgan fingerprint density at radius 2 is 1.39 bits per heavy atom. The van der Waals surface area contributed by atoms with Crippen LogP contribution in [0.25, 0.3) is 0 Å². The third kappa shape index (κ3) is 2.15. The first-order valence-corrected chi connectivity index (χ1v) is 8.21. The number of para-hydroxylation sites is 2. The van der Waals surface area contributed by atoms with Gasteiger partial charge in [0.1, 0.15) is 0 Å². The summed E-state index contributed by atoms with van der Waals surface area (Å²) in [6, 6.07) is 25.3. The minimum absolute atomic E-state index is 0.0812. The van der Waals surface area contributed by atoms with Gasteiger partial charge in [0.2, 0.25) is 0 Å². The summed E-state index contributed by atoms with van der Waals surface area (Å²) in [5, 5.41) is 0.782. The summed E-state index contributed by atoms with van der Waals surface area (Å²) >= 11 is 6.31. The van der Waals surface area contributed by atoms with Gasteiger partial charge in [-0.1, -0.05) is 61.8 Å². The van der Waals surface area contributed by atoms with Gasteiger partial charge in [0, 0.05) is 16.1 Å². The summed E-state index contributed by atoms with van der Waals surface area (Å²) in [6.07, 6.45) is 0. The molecule has 0 aliphatic carbocycles. The molecule has 0 bridgehead atoms. The van der Waals surface area contributed by atoms with Crippen LogP contribution in [0.1, 0.15) is 25.0 Å². The number of fused-ring (bicyclic) bond motifs is 2. The van der Waals surface area contributed by atoms with Gasteiger partial charge in [0.05, 0.1) is 11.4 Å². The number of anilines is 3. The normalized spacial score (nSPS) is 15.0. The van der Waals surface area contributed by atoms with Gasteiger partial charge in [-0.2, -0.15) is 0 Å². The zero-order valence-electron chi connectivity index (χ0n) is 13.3. The Morgan fingerprint density at radius 1 is 0.739 bits per heavy atom. The third-order valence-corrected chi connectivity index (χ3v) is 4.94. The molecule has 0 aromatic heterocycles. The van der Waals surface area contributed by atoms with Crippen molar-refractivity contribution in [2.45, 2.75) is 19.3 Å². The van der Waals surface area contributed by atoms with Gasteiger partial charge < -0.3 is 4.90 Å². The highest BCUT2D eigenvalue weighted by molar-refractivity contribution is 6.30. The van der Waals surface area contributed by atoms with Crippen molar-refractivity contribution in [1.82, 2.24) is 0 Å². The SMILES string of the molecule is CC1(C)c2ccccc2N(c2ccccc2)c2ccc(Cl)cc21. The summed E-state index contributed by atoms with van der Waals surface area (Å²) in [5.74, 6) is 0. The smallest absolute Gasteiger partial charge is 0.0503 e. The topological polar surface area (TPSA) is 3.24 Å². The van der Waals surface area contributed by atoms with E-state index in [9.17, 15) is 0 Å². The van der Waals surface area contributed by atoms with E-state index >= 15 is 0 Å². The Bertz CT molecular complexity index is 868. The van der Waals surface area contributed by atoms with Crippen LogP contribution in [-0.4, -0.2) is 0 Å². The van der Waals surface area contributed by atoms with Crippen molar-refractivity contribution >= 4 is 28.7 Å². The molecule has 0 fully saturated rings. The average Bonchev–Trinajstić information content (AvgIpc) is 2.57. The van der Waals surface area contributed by atoms with E-state index in [2.05, 4.69) is 79.4 Å². The second-order valence-electron chi connectivity index (χ2n) is 6.47. The number of nitrogens with zero attached hydrogens (tertiary/aromatic N) is 1. The zero-order chi connectivity index (χ0) is 16.0. The van der Waals surface area contributed by atoms with Crippen molar-refractivity contribution in [2.24, 2.45) is 0 Å². The summed E-state index contributed by atoms with van der Waals surface area (Å²) < 4.78 is 0. The van der Waals surface area contributed by atoms with Crippen LogP contribution < -0.4 is 4.90 Å². The molecule has 3 aromatic rings. The van der Waals surface area contributed by atoms with E-state index in [4.69, 9.17) is 11.6 Å². The number of halogens is 1. The second-order valence-corrected chi connectivity index (χ2v) is 6.91. The van der Waals surface area contributed by atoms with E-state index in [1.807, 2.05) is 12.1 Å². The van der Waals surface area contributed by atoms with Gasteiger partial charge >= 0.3 is 0 Å². The first kappa shape index (κ1) is 14.3. The molecule has 1 aliphatic rings. The molecule has 0 saturated carbocycles. The highest BCUT2D eigenvalue weighted by Gasteiger charge is 2.36. The molecule has 0 unspecified atom stereocenters. The molecule has 0 saturated heterocycles. The molecule has 0 spiro atoms. The predicted octanol–water partition coefficient (Wildman–Crippen LogP) is 6.45. The summed E-state index contributed by atoms with van der Waals surface area (Å²) in [5.41, 5.74) is 6.09. The molecule has 23 heavy (non-hydrogen) atoms. The van der Waals surface area contributed by atoms with E-state index in [0.29, 0.717) is 0 Å². The fourth-order valence-electron chi connectivity index (χ4n) is 3.53. The van der Waals surface area contributed by atoms with Crippen molar-refractivity contribution in [3.63, 3.8) is 0 Å². The summed E-state index contributed by atoms with van der Waals surface area (Å²) in [6.45, 7) is 4.53. The molecule has 0 N–H and O–H groups in total. The summed E-state index contributed by atoms with van der Waals surface area (Å²) in [4.78, 5) is 2.33. The minimum atomic E-state index is -0.0812. The van der Waals surface area contributed by atoms with Gasteiger partial charge in [-0.05, 0) is 47.5 Å². The largest absolute Gasteiger partial charge is 0.310 e. The average molecular weight is 320 g/mol. The highest BCUT2D eigenvalue weighted by atomic mass is 35.5. The maximum absolute atomic E-state index is 6.31. The molecule has 1 nitrogen and oxygen atoms in total. The fourth-order valence-corrected chi connectivity index (χ4v) is 3.70. The van der Waals surface area contributed by atoms with Gasteiger partial charge in [0.25, 0.3) is 0 Å². The van der Waals surface area contributed by atoms with Gasteiger partial charge in [-0.3, -0.25) is 0 Å². The quantitative estimate of drug-likeness (QED) is 0.498. The van der Waals surface area contributed by atoms with Crippen molar-refractivity contribution in [1.29, 1.82) is 0 Å². The van der Waals surface area contributed by atoms with Crippen LogP contribution in [-0.2, 0) is 5.41 Å². The molecule has 0 radical (unpaired) electrons. The molecule has 1 aliphatic heterocycles. The van der Waals surface area contributed by atoms with E-state index in [1.165, 1.54) is 28.2 Å². The van der Waals surface area contributed by atoms with E-state index in [0.717, 1.165) is 5.02 Å². The third-order valence-electron chi connectivity index (χ3n) is 4.71. The number of rotatable bonds is 1. The molecule has 0 atom stereocenters. The van der Waals surface area contributed by atoms with Crippen molar-refractivity contribution < 1.29 is 0 Å². The van der Waals surface area contributed by atoms with Crippen LogP contribution in [0.2, 0.25) is 5.02 Å². The van der Waals surface area contributed by atoms with Crippen molar-refractivity contribution in [2.75, 3.05) is 4.90 Å². The lowest BCUT2D eigenvalue weighted by molar-refractivity contribution is 0.632. The molecular formula is C21H18ClN. The van der Waals surface area contributed by atoms with E-state index < -0.39 is 0 Å². The molecule has 4 rings (SSSR count). The van der Waals surface area contributed by atoms with E-state index in [1.54, 1.807) is 0 Å². The first-order chi connectivity index (χ1) is 11.1. The van der Waals surface area contributed by atoms with Crippen LogP contribution in [0.5, 0.6) is 0 Å². The van der Waals surface area contributed by atoms with Crippen LogP contribution in [0, 0.1) is 0 Å². The van der Waals surface area contributed by atoms with Crippen LogP contribution in [0.15, 0.2) is 72.8 Å². The Balaban J connectivity index is 2.06. The number of hydrogen-bond acceptors (Lipinski definition) is 1.